The number of rotatable bonds is 1. The Kier molecular flexibility index (Phi) is 7.56. The van der Waals surface area contributed by atoms with Crippen molar-refractivity contribution in [2.45, 2.75) is 79.2 Å². The first-order valence-electron chi connectivity index (χ1n) is 10.6. The number of fused-ring (bicyclic) bond motifs is 4. The number of H-pyrrole nitrogens is 1. The summed E-state index contributed by atoms with van der Waals surface area (Å²) in [5, 5.41) is 1.45. The van der Waals surface area contributed by atoms with E-state index in [0.717, 1.165) is 12.0 Å². The molecule has 3 heterocycles. The van der Waals surface area contributed by atoms with Crippen molar-refractivity contribution in [2.75, 3.05) is 13.1 Å². The Labute approximate surface area is 156 Å². The van der Waals surface area contributed by atoms with Crippen molar-refractivity contribution >= 4 is 10.9 Å². The summed E-state index contributed by atoms with van der Waals surface area (Å²) < 4.78 is 0. The first-order chi connectivity index (χ1) is 12.3. The van der Waals surface area contributed by atoms with Gasteiger partial charge in [0.1, 0.15) is 0 Å². The highest BCUT2D eigenvalue weighted by Gasteiger charge is 2.34. The van der Waals surface area contributed by atoms with Crippen LogP contribution in [0.4, 0.5) is 0 Å². The average Bonchev–Trinajstić information content (AvgIpc) is 3.23. The highest BCUT2D eigenvalue weighted by molar-refractivity contribution is 5.84. The molecule has 1 aromatic heterocycles. The molecule has 25 heavy (non-hydrogen) atoms. The van der Waals surface area contributed by atoms with Crippen LogP contribution in [0.1, 0.15) is 79.4 Å². The Hall–Kier alpha value is -1.28. The maximum Gasteiger partial charge on any atom is 0.0459 e. The van der Waals surface area contributed by atoms with Crippen LogP contribution in [-0.4, -0.2) is 29.0 Å². The fraction of sp³-hybridized carbons (Fsp3) is 0.652. The SMILES string of the molecule is CC.CC.CCC1CC2C[C@H](C)c3[nH]c4ccccc4c3CCN2C1.[HH]. The van der Waals surface area contributed by atoms with E-state index < -0.39 is 0 Å². The molecule has 0 saturated carbocycles. The zero-order chi connectivity index (χ0) is 18.4. The number of benzene rings is 1. The second-order valence-corrected chi connectivity index (χ2v) is 7.11. The van der Waals surface area contributed by atoms with Crippen molar-refractivity contribution in [1.82, 2.24) is 9.88 Å². The van der Waals surface area contributed by atoms with E-state index in [2.05, 4.69) is 48.0 Å². The van der Waals surface area contributed by atoms with Crippen molar-refractivity contribution in [3.05, 3.63) is 35.5 Å². The minimum absolute atomic E-state index is 0. The number of nitrogens with one attached hydrogen (secondary N) is 1. The highest BCUT2D eigenvalue weighted by Crippen LogP contribution is 2.37. The van der Waals surface area contributed by atoms with Crippen LogP contribution in [0.25, 0.3) is 10.9 Å². The third kappa shape index (κ3) is 4.11. The number of hydrogen-bond donors (Lipinski definition) is 1. The summed E-state index contributed by atoms with van der Waals surface area (Å²) in [4.78, 5) is 6.49. The van der Waals surface area contributed by atoms with E-state index in [-0.39, 0.29) is 1.43 Å². The van der Waals surface area contributed by atoms with Crippen LogP contribution in [0.5, 0.6) is 0 Å². The molecule has 3 atom stereocenters. The van der Waals surface area contributed by atoms with Crippen molar-refractivity contribution in [3.63, 3.8) is 0 Å². The van der Waals surface area contributed by atoms with Gasteiger partial charge in [-0.15, -0.1) is 0 Å². The summed E-state index contributed by atoms with van der Waals surface area (Å²) in [5.74, 6) is 1.58. The van der Waals surface area contributed by atoms with Crippen LogP contribution in [-0.2, 0) is 6.42 Å². The van der Waals surface area contributed by atoms with Gasteiger partial charge in [-0.25, -0.2) is 0 Å². The zero-order valence-electron chi connectivity index (χ0n) is 17.2. The number of hydrogen-bond acceptors (Lipinski definition) is 1. The molecule has 142 valence electrons. The van der Waals surface area contributed by atoms with Gasteiger partial charge in [0.05, 0.1) is 0 Å². The first-order valence-corrected chi connectivity index (χ1v) is 10.6. The van der Waals surface area contributed by atoms with E-state index in [4.69, 9.17) is 0 Å². The minimum atomic E-state index is 0. The van der Waals surface area contributed by atoms with Gasteiger partial charge in [-0.3, -0.25) is 4.90 Å². The van der Waals surface area contributed by atoms with Crippen LogP contribution in [0, 0.1) is 5.92 Å². The fourth-order valence-electron chi connectivity index (χ4n) is 4.60. The van der Waals surface area contributed by atoms with Crippen LogP contribution in [0.3, 0.4) is 0 Å². The Morgan fingerprint density at radius 1 is 1.12 bits per heavy atom. The highest BCUT2D eigenvalue weighted by atomic mass is 15.2. The molecule has 0 bridgehead atoms. The molecule has 1 fully saturated rings. The molecular formula is C23H40N2. The third-order valence-electron chi connectivity index (χ3n) is 5.81. The maximum absolute atomic E-state index is 3.72. The van der Waals surface area contributed by atoms with Crippen LogP contribution >= 0.6 is 0 Å². The minimum Gasteiger partial charge on any atom is -0.358 e. The summed E-state index contributed by atoms with van der Waals surface area (Å²) in [5.41, 5.74) is 4.41. The molecule has 1 saturated heterocycles. The smallest absolute Gasteiger partial charge is 0.0459 e. The molecule has 1 N–H and O–H groups in total. The number of aromatic nitrogens is 1. The number of nitrogens with zero attached hydrogens (tertiary/aromatic N) is 1. The Bertz CT molecular complexity index is 649. The van der Waals surface area contributed by atoms with Crippen LogP contribution in [0.15, 0.2) is 24.3 Å². The maximum atomic E-state index is 3.72. The van der Waals surface area contributed by atoms with Crippen molar-refractivity contribution in [3.8, 4) is 0 Å². The van der Waals surface area contributed by atoms with Gasteiger partial charge >= 0.3 is 0 Å². The first kappa shape index (κ1) is 20.0. The quantitative estimate of drug-likeness (QED) is 0.616. The molecule has 2 aromatic rings. The van der Waals surface area contributed by atoms with Gasteiger partial charge in [0, 0.05) is 37.2 Å². The average molecular weight is 345 g/mol. The molecule has 2 aliphatic heterocycles. The van der Waals surface area contributed by atoms with Crippen LogP contribution < -0.4 is 0 Å². The predicted molar refractivity (Wildman–Crippen MR) is 114 cm³/mol. The van der Waals surface area contributed by atoms with E-state index in [9.17, 15) is 0 Å². The monoisotopic (exact) mass is 344 g/mol. The lowest BCUT2D eigenvalue weighted by Crippen LogP contribution is -2.34. The normalized spacial score (nSPS) is 25.6. The molecule has 4 rings (SSSR count). The largest absolute Gasteiger partial charge is 0.358 e. The molecule has 2 unspecified atom stereocenters. The molecule has 0 radical (unpaired) electrons. The fourth-order valence-corrected chi connectivity index (χ4v) is 4.60. The zero-order valence-corrected chi connectivity index (χ0v) is 17.2. The van der Waals surface area contributed by atoms with Crippen molar-refractivity contribution < 1.29 is 1.43 Å². The number of aromatic amines is 1. The van der Waals surface area contributed by atoms with E-state index in [0.29, 0.717) is 5.92 Å². The second kappa shape index (κ2) is 9.43. The third-order valence-corrected chi connectivity index (χ3v) is 5.81. The lowest BCUT2D eigenvalue weighted by molar-refractivity contribution is 0.229. The Morgan fingerprint density at radius 3 is 2.56 bits per heavy atom. The van der Waals surface area contributed by atoms with E-state index in [1.54, 1.807) is 5.56 Å². The summed E-state index contributed by atoms with van der Waals surface area (Å²) in [6.45, 7) is 15.3. The van der Waals surface area contributed by atoms with Gasteiger partial charge < -0.3 is 4.98 Å². The van der Waals surface area contributed by atoms with Gasteiger partial charge in [-0.05, 0) is 42.7 Å². The summed E-state index contributed by atoms with van der Waals surface area (Å²) in [6, 6.07) is 9.63. The van der Waals surface area contributed by atoms with Gasteiger partial charge in [0.25, 0.3) is 0 Å². The van der Waals surface area contributed by atoms with Crippen molar-refractivity contribution in [2.24, 2.45) is 5.92 Å². The second-order valence-electron chi connectivity index (χ2n) is 7.11. The summed E-state index contributed by atoms with van der Waals surface area (Å²) in [6.07, 6.45) is 5.28. The number of para-hydroxylation sites is 1. The predicted octanol–water partition coefficient (Wildman–Crippen LogP) is 6.62. The molecule has 0 spiro atoms. The molecule has 2 nitrogen and oxygen atoms in total. The molecule has 0 amide bonds. The lowest BCUT2D eigenvalue weighted by atomic mass is 9.90. The van der Waals surface area contributed by atoms with Crippen LogP contribution in [0.2, 0.25) is 0 Å². The molecule has 2 heteroatoms. The lowest BCUT2D eigenvalue weighted by Gasteiger charge is -2.30. The van der Waals surface area contributed by atoms with Gasteiger partial charge in [-0.2, -0.15) is 0 Å². The Morgan fingerprint density at radius 2 is 1.84 bits per heavy atom. The molecule has 1 aromatic carbocycles. The summed E-state index contributed by atoms with van der Waals surface area (Å²) in [7, 11) is 0. The van der Waals surface area contributed by atoms with Gasteiger partial charge in [-0.1, -0.05) is 66.2 Å². The standard InChI is InChI=1S/C19H26N2.2C2H6.H2/c1-3-14-11-15-10-13(2)19-17(8-9-21(15)12-14)16-6-4-5-7-18(16)20-19;2*1-2;/h4-7,13-15,20H,3,8-12H2,1-2H3;2*1-2H3;1H/t13-,14?,15?;;;/m0.../s1. The molecular weight excluding hydrogens is 304 g/mol. The molecule has 2 aliphatic rings. The molecule has 0 aliphatic carbocycles. The van der Waals surface area contributed by atoms with Crippen molar-refractivity contribution in [1.29, 1.82) is 0 Å². The Balaban J connectivity index is 0.000000635. The summed E-state index contributed by atoms with van der Waals surface area (Å²) >= 11 is 0. The van der Waals surface area contributed by atoms with E-state index in [1.807, 2.05) is 27.7 Å². The van der Waals surface area contributed by atoms with Gasteiger partial charge in [0.2, 0.25) is 0 Å². The van der Waals surface area contributed by atoms with E-state index in [1.165, 1.54) is 55.4 Å². The van der Waals surface area contributed by atoms with Gasteiger partial charge in [0.15, 0.2) is 0 Å². The topological polar surface area (TPSA) is 19.0 Å². The van der Waals surface area contributed by atoms with E-state index >= 15 is 0 Å².